The molecular weight excluding hydrogens is 193 g/mol. The van der Waals surface area contributed by atoms with E-state index in [0.717, 1.165) is 5.56 Å². The van der Waals surface area contributed by atoms with Crippen LogP contribution in [-0.2, 0) is 13.2 Å². The number of aliphatic hydroxyl groups excluding tert-OH is 1. The Morgan fingerprint density at radius 3 is 2.67 bits per heavy atom. The molecule has 0 fully saturated rings. The number of halogens is 1. The zero-order valence-electron chi connectivity index (χ0n) is 8.23. The van der Waals surface area contributed by atoms with Crippen molar-refractivity contribution in [3.8, 4) is 0 Å². The molecule has 0 bridgehead atoms. The van der Waals surface area contributed by atoms with Gasteiger partial charge in [-0.1, -0.05) is 18.2 Å². The summed E-state index contributed by atoms with van der Waals surface area (Å²) >= 11 is 0. The molecule has 0 aliphatic carbocycles. The minimum atomic E-state index is -0.197. The summed E-state index contributed by atoms with van der Waals surface area (Å²) in [5, 5.41) is 8.88. The molecule has 0 unspecified atom stereocenters. The first-order valence-electron chi connectivity index (χ1n) is 4.78. The Balaban J connectivity index is 2.18. The van der Waals surface area contributed by atoms with E-state index >= 15 is 0 Å². The van der Waals surface area contributed by atoms with Gasteiger partial charge in [-0.25, -0.2) is 4.39 Å². The number of aromatic nitrogens is 1. The van der Waals surface area contributed by atoms with Crippen molar-refractivity contribution in [3.63, 3.8) is 0 Å². The third-order valence-electron chi connectivity index (χ3n) is 2.31. The first-order chi connectivity index (χ1) is 7.29. The van der Waals surface area contributed by atoms with Gasteiger partial charge in [-0.2, -0.15) is 0 Å². The molecule has 1 aromatic carbocycles. The largest absolute Gasteiger partial charge is 0.392 e. The van der Waals surface area contributed by atoms with Crippen molar-refractivity contribution in [1.29, 1.82) is 0 Å². The van der Waals surface area contributed by atoms with Crippen LogP contribution in [-0.4, -0.2) is 9.67 Å². The fraction of sp³-hybridized carbons (Fsp3) is 0.167. The van der Waals surface area contributed by atoms with Gasteiger partial charge >= 0.3 is 0 Å². The Kier molecular flexibility index (Phi) is 2.83. The molecule has 2 nitrogen and oxygen atoms in total. The molecule has 0 atom stereocenters. The van der Waals surface area contributed by atoms with E-state index in [1.807, 2.05) is 29.1 Å². The summed E-state index contributed by atoms with van der Waals surface area (Å²) in [5.74, 6) is -0.197. The number of hydrogen-bond acceptors (Lipinski definition) is 1. The molecule has 0 aliphatic rings. The molecule has 1 N–H and O–H groups in total. The van der Waals surface area contributed by atoms with Gasteiger partial charge < -0.3 is 9.67 Å². The summed E-state index contributed by atoms with van der Waals surface area (Å²) in [6.45, 7) is 0.511. The van der Waals surface area contributed by atoms with Gasteiger partial charge in [0, 0.05) is 24.5 Å². The Hall–Kier alpha value is -1.61. The van der Waals surface area contributed by atoms with E-state index in [1.54, 1.807) is 12.1 Å². The van der Waals surface area contributed by atoms with Crippen LogP contribution in [0.3, 0.4) is 0 Å². The molecule has 2 aromatic rings. The molecule has 0 radical (unpaired) electrons. The van der Waals surface area contributed by atoms with E-state index in [9.17, 15) is 4.39 Å². The smallest absolute Gasteiger partial charge is 0.128 e. The summed E-state index contributed by atoms with van der Waals surface area (Å²) in [6.07, 6.45) is 3.64. The minimum Gasteiger partial charge on any atom is -0.392 e. The van der Waals surface area contributed by atoms with Crippen molar-refractivity contribution in [2.24, 2.45) is 0 Å². The van der Waals surface area contributed by atoms with Crippen LogP contribution >= 0.6 is 0 Å². The van der Waals surface area contributed by atoms with Crippen LogP contribution in [0.1, 0.15) is 11.1 Å². The van der Waals surface area contributed by atoms with Gasteiger partial charge in [-0.3, -0.25) is 0 Å². The van der Waals surface area contributed by atoms with Crippen molar-refractivity contribution in [1.82, 2.24) is 4.57 Å². The monoisotopic (exact) mass is 205 g/mol. The minimum absolute atomic E-state index is 0.0181. The maximum Gasteiger partial charge on any atom is 0.128 e. The standard InChI is InChI=1S/C12H12FNO/c13-12-4-2-1-3-11(12)8-14-6-5-10(7-14)9-15/h1-7,15H,8-9H2. The van der Waals surface area contributed by atoms with Crippen LogP contribution in [0.5, 0.6) is 0 Å². The summed E-state index contributed by atoms with van der Waals surface area (Å²) in [6, 6.07) is 8.52. The average molecular weight is 205 g/mol. The fourth-order valence-corrected chi connectivity index (χ4v) is 1.51. The van der Waals surface area contributed by atoms with E-state index in [1.165, 1.54) is 6.07 Å². The lowest BCUT2D eigenvalue weighted by Crippen LogP contribution is -1.98. The van der Waals surface area contributed by atoms with E-state index in [0.29, 0.717) is 12.1 Å². The number of nitrogens with zero attached hydrogens (tertiary/aromatic N) is 1. The first-order valence-corrected chi connectivity index (χ1v) is 4.78. The van der Waals surface area contributed by atoms with Crippen LogP contribution < -0.4 is 0 Å². The zero-order chi connectivity index (χ0) is 10.7. The van der Waals surface area contributed by atoms with Gasteiger partial charge in [0.05, 0.1) is 6.61 Å². The average Bonchev–Trinajstić information content (AvgIpc) is 2.69. The molecule has 1 aromatic heterocycles. The van der Waals surface area contributed by atoms with Gasteiger partial charge in [0.15, 0.2) is 0 Å². The summed E-state index contributed by atoms with van der Waals surface area (Å²) in [5.41, 5.74) is 1.49. The molecule has 15 heavy (non-hydrogen) atoms. The zero-order valence-corrected chi connectivity index (χ0v) is 8.23. The number of aliphatic hydroxyl groups is 1. The molecule has 2 rings (SSSR count). The quantitative estimate of drug-likeness (QED) is 0.816. The van der Waals surface area contributed by atoms with Crippen molar-refractivity contribution in [2.75, 3.05) is 0 Å². The second kappa shape index (κ2) is 4.28. The molecule has 0 spiro atoms. The Bertz CT molecular complexity index is 450. The predicted octanol–water partition coefficient (Wildman–Crippen LogP) is 2.17. The van der Waals surface area contributed by atoms with Crippen molar-refractivity contribution in [3.05, 3.63) is 59.7 Å². The molecule has 3 heteroatoms. The van der Waals surface area contributed by atoms with Gasteiger partial charge in [-0.05, 0) is 17.7 Å². The highest BCUT2D eigenvalue weighted by molar-refractivity contribution is 5.19. The number of benzene rings is 1. The molecule has 0 aliphatic heterocycles. The van der Waals surface area contributed by atoms with E-state index in [-0.39, 0.29) is 12.4 Å². The maximum absolute atomic E-state index is 13.3. The van der Waals surface area contributed by atoms with E-state index < -0.39 is 0 Å². The molecule has 1 heterocycles. The highest BCUT2D eigenvalue weighted by Gasteiger charge is 2.01. The Labute approximate surface area is 87.6 Å². The molecular formula is C12H12FNO. The topological polar surface area (TPSA) is 25.2 Å². The van der Waals surface area contributed by atoms with Crippen LogP contribution in [0.15, 0.2) is 42.7 Å². The van der Waals surface area contributed by atoms with Crippen LogP contribution in [0, 0.1) is 5.82 Å². The van der Waals surface area contributed by atoms with Crippen molar-refractivity contribution >= 4 is 0 Å². The fourth-order valence-electron chi connectivity index (χ4n) is 1.51. The molecule has 0 amide bonds. The summed E-state index contributed by atoms with van der Waals surface area (Å²) in [4.78, 5) is 0. The lowest BCUT2D eigenvalue weighted by molar-refractivity contribution is 0.282. The molecule has 78 valence electrons. The van der Waals surface area contributed by atoms with E-state index in [2.05, 4.69) is 0 Å². The summed E-state index contributed by atoms with van der Waals surface area (Å²) in [7, 11) is 0. The Morgan fingerprint density at radius 2 is 2.00 bits per heavy atom. The summed E-state index contributed by atoms with van der Waals surface area (Å²) < 4.78 is 15.2. The third kappa shape index (κ3) is 2.25. The second-order valence-corrected chi connectivity index (χ2v) is 3.44. The van der Waals surface area contributed by atoms with Crippen LogP contribution in [0.4, 0.5) is 4.39 Å². The highest BCUT2D eigenvalue weighted by atomic mass is 19.1. The van der Waals surface area contributed by atoms with Crippen molar-refractivity contribution in [2.45, 2.75) is 13.2 Å². The van der Waals surface area contributed by atoms with Gasteiger partial charge in [0.1, 0.15) is 5.82 Å². The van der Waals surface area contributed by atoms with Gasteiger partial charge in [0.25, 0.3) is 0 Å². The highest BCUT2D eigenvalue weighted by Crippen LogP contribution is 2.10. The van der Waals surface area contributed by atoms with Gasteiger partial charge in [-0.15, -0.1) is 0 Å². The van der Waals surface area contributed by atoms with Gasteiger partial charge in [0.2, 0.25) is 0 Å². The molecule has 0 saturated heterocycles. The Morgan fingerprint density at radius 1 is 1.20 bits per heavy atom. The normalized spacial score (nSPS) is 10.5. The first kappa shape index (κ1) is 9.93. The lowest BCUT2D eigenvalue weighted by atomic mass is 10.2. The number of hydrogen-bond donors (Lipinski definition) is 1. The predicted molar refractivity (Wildman–Crippen MR) is 55.9 cm³/mol. The van der Waals surface area contributed by atoms with Crippen LogP contribution in [0.2, 0.25) is 0 Å². The number of rotatable bonds is 3. The lowest BCUT2D eigenvalue weighted by Gasteiger charge is -2.03. The van der Waals surface area contributed by atoms with Crippen LogP contribution in [0.25, 0.3) is 0 Å². The second-order valence-electron chi connectivity index (χ2n) is 3.44. The SMILES string of the molecule is OCc1ccn(Cc2ccccc2F)c1. The molecule has 0 saturated carbocycles. The van der Waals surface area contributed by atoms with Crippen molar-refractivity contribution < 1.29 is 9.50 Å². The van der Waals surface area contributed by atoms with E-state index in [4.69, 9.17) is 5.11 Å². The third-order valence-corrected chi connectivity index (χ3v) is 2.31. The maximum atomic E-state index is 13.3.